The molecule has 0 aliphatic rings. The summed E-state index contributed by atoms with van der Waals surface area (Å²) in [5, 5.41) is 0. The molecule has 3 nitrogen and oxygen atoms in total. The maximum atomic E-state index is 8.92. The summed E-state index contributed by atoms with van der Waals surface area (Å²) < 4.78 is 17.8. The van der Waals surface area contributed by atoms with Gasteiger partial charge in [0.05, 0.1) is 0 Å². The van der Waals surface area contributed by atoms with Crippen molar-refractivity contribution < 1.29 is 9.11 Å². The number of nitrogens with two attached hydrogens (primary N) is 1. The third-order valence-corrected chi connectivity index (χ3v) is 2.30. The van der Waals surface area contributed by atoms with Gasteiger partial charge >= 0.3 is 0 Å². The number of rotatable bonds is 5. The van der Waals surface area contributed by atoms with Crippen molar-refractivity contribution in [2.45, 2.75) is 19.3 Å². The van der Waals surface area contributed by atoms with E-state index in [0.717, 1.165) is 19.3 Å². The van der Waals surface area contributed by atoms with Crippen molar-refractivity contribution in [3.05, 3.63) is 0 Å². The number of thiol groups is 1. The SMILES string of the molecule is CS.CS(O)(O)CCCCCN. The Balaban J connectivity index is 0. The molecule has 0 saturated carbocycles. The average Bonchev–Trinajstić information content (AvgIpc) is 2.01. The van der Waals surface area contributed by atoms with Gasteiger partial charge in [-0.05, 0) is 25.6 Å². The Morgan fingerprint density at radius 3 is 2.00 bits per heavy atom. The van der Waals surface area contributed by atoms with E-state index in [1.807, 2.05) is 0 Å². The maximum Gasteiger partial charge on any atom is 0.0371 e. The summed E-state index contributed by atoms with van der Waals surface area (Å²) in [5.74, 6) is 0.521. The van der Waals surface area contributed by atoms with Crippen molar-refractivity contribution in [2.24, 2.45) is 5.73 Å². The van der Waals surface area contributed by atoms with E-state index in [1.165, 1.54) is 6.26 Å². The van der Waals surface area contributed by atoms with Crippen LogP contribution in [0.1, 0.15) is 19.3 Å². The molecule has 0 aliphatic carbocycles. The van der Waals surface area contributed by atoms with E-state index < -0.39 is 10.6 Å². The highest BCUT2D eigenvalue weighted by Gasteiger charge is 2.01. The topological polar surface area (TPSA) is 66.5 Å². The first-order valence-corrected chi connectivity index (χ1v) is 6.94. The summed E-state index contributed by atoms with van der Waals surface area (Å²) in [7, 11) is -2.25. The van der Waals surface area contributed by atoms with Crippen LogP contribution < -0.4 is 5.73 Å². The van der Waals surface area contributed by atoms with Crippen LogP contribution >= 0.6 is 23.2 Å². The molecular formula is C7H21NO2S2. The summed E-state index contributed by atoms with van der Waals surface area (Å²) in [6.45, 7) is 0.697. The van der Waals surface area contributed by atoms with E-state index >= 15 is 0 Å². The lowest BCUT2D eigenvalue weighted by atomic mass is 10.2. The lowest BCUT2D eigenvalue weighted by molar-refractivity contribution is 0.491. The van der Waals surface area contributed by atoms with E-state index in [4.69, 9.17) is 14.8 Å². The Hall–Kier alpha value is 0.580. The first-order chi connectivity index (χ1) is 5.56. The zero-order valence-corrected chi connectivity index (χ0v) is 9.57. The molecule has 0 fully saturated rings. The van der Waals surface area contributed by atoms with Crippen LogP contribution in [0.3, 0.4) is 0 Å². The van der Waals surface area contributed by atoms with Crippen molar-refractivity contribution >= 4 is 23.2 Å². The van der Waals surface area contributed by atoms with Crippen LogP contribution in [0.2, 0.25) is 0 Å². The highest BCUT2D eigenvalue weighted by atomic mass is 32.3. The first kappa shape index (κ1) is 15.1. The van der Waals surface area contributed by atoms with Gasteiger partial charge in [-0.15, -0.1) is 0 Å². The summed E-state index contributed by atoms with van der Waals surface area (Å²) in [5.41, 5.74) is 5.26. The van der Waals surface area contributed by atoms with E-state index in [1.54, 1.807) is 6.26 Å². The van der Waals surface area contributed by atoms with Crippen molar-refractivity contribution in [3.63, 3.8) is 0 Å². The molecule has 12 heavy (non-hydrogen) atoms. The second kappa shape index (κ2) is 9.67. The van der Waals surface area contributed by atoms with Gasteiger partial charge in [0.2, 0.25) is 0 Å². The molecule has 0 spiro atoms. The normalized spacial score (nSPS) is 11.8. The molecule has 0 aromatic rings. The van der Waals surface area contributed by atoms with Crippen LogP contribution in [0.5, 0.6) is 0 Å². The molecule has 0 heterocycles. The lowest BCUT2D eigenvalue weighted by Gasteiger charge is -2.26. The second-order valence-corrected chi connectivity index (χ2v) is 4.94. The summed E-state index contributed by atoms with van der Waals surface area (Å²) in [6.07, 6.45) is 6.03. The highest BCUT2D eigenvalue weighted by molar-refractivity contribution is 8.23. The number of hydrogen-bond acceptors (Lipinski definition) is 4. The molecule has 0 aromatic carbocycles. The minimum Gasteiger partial charge on any atom is -0.330 e. The van der Waals surface area contributed by atoms with E-state index in [9.17, 15) is 0 Å². The molecule has 0 amide bonds. The second-order valence-electron chi connectivity index (χ2n) is 2.55. The van der Waals surface area contributed by atoms with Gasteiger partial charge in [0.1, 0.15) is 0 Å². The average molecular weight is 215 g/mol. The van der Waals surface area contributed by atoms with Crippen LogP contribution in [0.4, 0.5) is 0 Å². The van der Waals surface area contributed by atoms with Crippen LogP contribution in [0.15, 0.2) is 0 Å². The molecular weight excluding hydrogens is 194 g/mol. The van der Waals surface area contributed by atoms with Crippen LogP contribution in [-0.2, 0) is 0 Å². The van der Waals surface area contributed by atoms with Crippen LogP contribution in [-0.4, -0.2) is 33.9 Å². The molecule has 78 valence electrons. The quantitative estimate of drug-likeness (QED) is 0.419. The van der Waals surface area contributed by atoms with Crippen LogP contribution in [0.25, 0.3) is 0 Å². The highest BCUT2D eigenvalue weighted by Crippen LogP contribution is 2.34. The van der Waals surface area contributed by atoms with Gasteiger partial charge in [-0.2, -0.15) is 23.2 Å². The summed E-state index contributed by atoms with van der Waals surface area (Å²) >= 11 is 3.53. The van der Waals surface area contributed by atoms with Gasteiger partial charge in [0.25, 0.3) is 0 Å². The fourth-order valence-corrected chi connectivity index (χ4v) is 1.45. The third-order valence-electron chi connectivity index (χ3n) is 1.24. The van der Waals surface area contributed by atoms with Crippen molar-refractivity contribution in [1.29, 1.82) is 0 Å². The molecule has 0 radical (unpaired) electrons. The zero-order valence-electron chi connectivity index (χ0n) is 7.86. The minimum absolute atomic E-state index is 0.521. The van der Waals surface area contributed by atoms with Gasteiger partial charge in [0.15, 0.2) is 0 Å². The molecule has 0 unspecified atom stereocenters. The van der Waals surface area contributed by atoms with Crippen molar-refractivity contribution in [2.75, 3.05) is 24.8 Å². The molecule has 0 rings (SSSR count). The Bertz CT molecular complexity index is 86.0. The maximum absolute atomic E-state index is 8.92. The zero-order chi connectivity index (χ0) is 10.0. The lowest BCUT2D eigenvalue weighted by Crippen LogP contribution is -2.02. The summed E-state index contributed by atoms with van der Waals surface area (Å²) in [6, 6.07) is 0. The fourth-order valence-electron chi connectivity index (χ4n) is 0.697. The van der Waals surface area contributed by atoms with Gasteiger partial charge in [-0.3, -0.25) is 9.11 Å². The van der Waals surface area contributed by atoms with Gasteiger partial charge in [-0.1, -0.05) is 6.42 Å². The molecule has 4 N–H and O–H groups in total. The smallest absolute Gasteiger partial charge is 0.0371 e. The minimum atomic E-state index is -2.25. The van der Waals surface area contributed by atoms with E-state index in [-0.39, 0.29) is 0 Å². The van der Waals surface area contributed by atoms with Gasteiger partial charge in [-0.25, -0.2) is 0 Å². The van der Waals surface area contributed by atoms with Crippen LogP contribution in [0, 0.1) is 0 Å². The Labute approximate surface area is 82.5 Å². The largest absolute Gasteiger partial charge is 0.330 e. The van der Waals surface area contributed by atoms with E-state index in [0.29, 0.717) is 12.3 Å². The van der Waals surface area contributed by atoms with Crippen molar-refractivity contribution in [3.8, 4) is 0 Å². The Kier molecular flexibility index (Phi) is 12.1. The predicted molar refractivity (Wildman–Crippen MR) is 61.5 cm³/mol. The molecule has 0 atom stereocenters. The molecule has 0 saturated heterocycles. The van der Waals surface area contributed by atoms with Gasteiger partial charge < -0.3 is 5.73 Å². The van der Waals surface area contributed by atoms with Gasteiger partial charge in [0, 0.05) is 12.0 Å². The molecule has 0 aliphatic heterocycles. The summed E-state index contributed by atoms with van der Waals surface area (Å²) in [4.78, 5) is 0. The Morgan fingerprint density at radius 1 is 1.17 bits per heavy atom. The standard InChI is InChI=1S/C6H17NO2S.CH4S/c1-10(8,9)6-4-2-3-5-7;1-2/h8-9H,2-7H2,1H3;2H,1H3. The first-order valence-electron chi connectivity index (χ1n) is 3.92. The number of hydrogen-bond donors (Lipinski definition) is 4. The van der Waals surface area contributed by atoms with E-state index in [2.05, 4.69) is 12.6 Å². The third kappa shape index (κ3) is 16.9. The predicted octanol–water partition coefficient (Wildman–Crippen LogP) is 2.04. The van der Waals surface area contributed by atoms with Crippen molar-refractivity contribution in [1.82, 2.24) is 0 Å². The Morgan fingerprint density at radius 2 is 1.67 bits per heavy atom. The number of unbranched alkanes of at least 4 members (excludes halogenated alkanes) is 2. The monoisotopic (exact) mass is 215 g/mol. The molecule has 5 heteroatoms. The molecule has 0 aromatic heterocycles. The molecule has 0 bridgehead atoms. The fraction of sp³-hybridized carbons (Fsp3) is 1.00.